The molecule has 0 heterocycles. The molecule has 0 rings (SSSR count). The summed E-state index contributed by atoms with van der Waals surface area (Å²) in [4.78, 5) is 11.4. The maximum atomic E-state index is 12.3. The zero-order chi connectivity index (χ0) is 15.6. The van der Waals surface area contributed by atoms with Gasteiger partial charge in [0.2, 0.25) is 0 Å². The molecule has 0 aliphatic rings. The summed E-state index contributed by atoms with van der Waals surface area (Å²) in [6, 6.07) is 0. The topological polar surface area (TPSA) is 60.4 Å². The van der Waals surface area contributed by atoms with E-state index >= 15 is 0 Å². The summed E-state index contributed by atoms with van der Waals surface area (Å²) in [6.45, 7) is 3.65. The summed E-state index contributed by atoms with van der Waals surface area (Å²) >= 11 is 5.04. The number of hydrogen-bond donors (Lipinski definition) is 0. The fourth-order valence-corrected chi connectivity index (χ4v) is 1.76. The molecule has 4 nitrogen and oxygen atoms in total. The number of alkyl halides is 3. The average Bonchev–Trinajstić information content (AvgIpc) is 2.12. The Hall–Kier alpha value is -0.600. The lowest BCUT2D eigenvalue weighted by atomic mass is 9.82. The first-order chi connectivity index (χ1) is 8.18. The molecule has 9 heteroatoms. The second kappa shape index (κ2) is 5.80. The number of ketones is 1. The van der Waals surface area contributed by atoms with Crippen LogP contribution in [-0.4, -0.2) is 32.7 Å². The van der Waals surface area contributed by atoms with Gasteiger partial charge in [-0.15, -0.1) is 0 Å². The van der Waals surface area contributed by atoms with Gasteiger partial charge in [-0.1, -0.05) is 25.4 Å². The third-order valence-electron chi connectivity index (χ3n) is 2.47. The highest BCUT2D eigenvalue weighted by molar-refractivity contribution is 7.86. The molecule has 0 aliphatic heterocycles. The van der Waals surface area contributed by atoms with Crippen LogP contribution >= 0.6 is 11.6 Å². The SMILES string of the molecule is CC(=O)C(C)(C)C(C=C(Cl)C(F)(F)F)OS(C)(=O)=O. The van der Waals surface area contributed by atoms with Crippen LogP contribution in [-0.2, 0) is 19.1 Å². The van der Waals surface area contributed by atoms with Crippen LogP contribution in [0.25, 0.3) is 0 Å². The average molecular weight is 323 g/mol. The quantitative estimate of drug-likeness (QED) is 0.730. The molecule has 0 fully saturated rings. The number of halogens is 4. The molecular weight excluding hydrogens is 309 g/mol. The number of allylic oxidation sites excluding steroid dienone is 1. The summed E-state index contributed by atoms with van der Waals surface area (Å²) in [5.41, 5.74) is -1.48. The monoisotopic (exact) mass is 322 g/mol. The molecule has 1 unspecified atom stereocenters. The lowest BCUT2D eigenvalue weighted by Gasteiger charge is -2.29. The van der Waals surface area contributed by atoms with E-state index in [4.69, 9.17) is 11.6 Å². The van der Waals surface area contributed by atoms with Gasteiger partial charge in [0.1, 0.15) is 16.9 Å². The molecule has 0 saturated heterocycles. The molecule has 19 heavy (non-hydrogen) atoms. The van der Waals surface area contributed by atoms with Gasteiger partial charge >= 0.3 is 6.18 Å². The molecule has 0 aliphatic carbocycles. The van der Waals surface area contributed by atoms with E-state index in [1.807, 2.05) is 0 Å². The number of carbonyl (C=O) groups excluding carboxylic acids is 1. The van der Waals surface area contributed by atoms with Crippen molar-refractivity contribution in [3.8, 4) is 0 Å². The molecule has 0 N–H and O–H groups in total. The van der Waals surface area contributed by atoms with E-state index in [2.05, 4.69) is 4.18 Å². The fraction of sp³-hybridized carbons (Fsp3) is 0.700. The van der Waals surface area contributed by atoms with Gasteiger partial charge in [0.05, 0.1) is 11.7 Å². The third kappa shape index (κ3) is 5.92. The lowest BCUT2D eigenvalue weighted by molar-refractivity contribution is -0.128. The van der Waals surface area contributed by atoms with Crippen LogP contribution in [0, 0.1) is 5.41 Å². The van der Waals surface area contributed by atoms with Gasteiger partial charge in [-0.25, -0.2) is 0 Å². The van der Waals surface area contributed by atoms with Crippen molar-refractivity contribution < 1.29 is 30.6 Å². The summed E-state index contributed by atoms with van der Waals surface area (Å²) in [6.07, 6.45) is -5.43. The van der Waals surface area contributed by atoms with Crippen molar-refractivity contribution >= 4 is 27.5 Å². The smallest absolute Gasteiger partial charge is 0.299 e. The van der Waals surface area contributed by atoms with E-state index < -0.39 is 38.6 Å². The Morgan fingerprint density at radius 1 is 1.32 bits per heavy atom. The highest BCUT2D eigenvalue weighted by Gasteiger charge is 2.40. The van der Waals surface area contributed by atoms with Crippen LogP contribution in [0.4, 0.5) is 13.2 Å². The second-order valence-electron chi connectivity index (χ2n) is 4.51. The summed E-state index contributed by atoms with van der Waals surface area (Å²) in [5.74, 6) is -0.538. The van der Waals surface area contributed by atoms with Crippen molar-refractivity contribution in [2.24, 2.45) is 5.41 Å². The van der Waals surface area contributed by atoms with Crippen molar-refractivity contribution in [1.82, 2.24) is 0 Å². The fourth-order valence-electron chi connectivity index (χ4n) is 0.972. The van der Waals surface area contributed by atoms with Crippen LogP contribution in [0.1, 0.15) is 20.8 Å². The van der Waals surface area contributed by atoms with Crippen molar-refractivity contribution in [3.63, 3.8) is 0 Å². The minimum atomic E-state index is -4.84. The van der Waals surface area contributed by atoms with Crippen molar-refractivity contribution in [3.05, 3.63) is 11.1 Å². The van der Waals surface area contributed by atoms with Crippen molar-refractivity contribution in [2.45, 2.75) is 33.1 Å². The maximum absolute atomic E-state index is 12.3. The standard InChI is InChI=1S/C10H14ClF3O4S/c1-6(15)9(2,3)8(18-19(4,16)17)5-7(11)10(12,13)14/h5,8H,1-4H3. The summed E-state index contributed by atoms with van der Waals surface area (Å²) in [7, 11) is -4.05. The largest absolute Gasteiger partial charge is 0.426 e. The Labute approximate surface area is 114 Å². The first-order valence-corrected chi connectivity index (χ1v) is 7.21. The summed E-state index contributed by atoms with van der Waals surface area (Å²) in [5, 5.41) is -1.55. The minimum absolute atomic E-state index is 0.379. The molecule has 0 aromatic carbocycles. The van der Waals surface area contributed by atoms with E-state index in [-0.39, 0.29) is 0 Å². The second-order valence-corrected chi connectivity index (χ2v) is 6.52. The summed E-state index contributed by atoms with van der Waals surface area (Å²) < 4.78 is 63.7. The molecule has 0 amide bonds. The molecule has 0 aromatic heterocycles. The van der Waals surface area contributed by atoms with Gasteiger partial charge in [0.15, 0.2) is 0 Å². The van der Waals surface area contributed by atoms with Gasteiger partial charge in [0.25, 0.3) is 10.1 Å². The Morgan fingerprint density at radius 2 is 1.74 bits per heavy atom. The highest BCUT2D eigenvalue weighted by Crippen LogP contribution is 2.34. The number of Topliss-reactive ketones (excluding diaryl/α,β-unsaturated/α-hetero) is 1. The van der Waals surface area contributed by atoms with Gasteiger partial charge in [-0.05, 0) is 13.0 Å². The van der Waals surface area contributed by atoms with E-state index in [1.165, 1.54) is 13.8 Å². The van der Waals surface area contributed by atoms with Crippen LogP contribution in [0.15, 0.2) is 11.1 Å². The van der Waals surface area contributed by atoms with E-state index in [9.17, 15) is 26.4 Å². The molecule has 0 spiro atoms. The van der Waals surface area contributed by atoms with Crippen LogP contribution in [0.3, 0.4) is 0 Å². The van der Waals surface area contributed by atoms with Gasteiger partial charge in [0, 0.05) is 0 Å². The number of rotatable bonds is 5. The van der Waals surface area contributed by atoms with Crippen LogP contribution in [0.5, 0.6) is 0 Å². The minimum Gasteiger partial charge on any atom is -0.299 e. The molecule has 1 atom stereocenters. The Kier molecular flexibility index (Phi) is 5.62. The number of carbonyl (C=O) groups is 1. The van der Waals surface area contributed by atoms with Crippen LogP contribution in [0.2, 0.25) is 0 Å². The molecule has 0 bridgehead atoms. The molecule has 112 valence electrons. The first-order valence-electron chi connectivity index (χ1n) is 5.01. The van der Waals surface area contributed by atoms with E-state index in [1.54, 1.807) is 0 Å². The van der Waals surface area contributed by atoms with E-state index in [0.29, 0.717) is 12.3 Å². The molecule has 0 aromatic rings. The Morgan fingerprint density at radius 3 is 2.00 bits per heavy atom. The molecule has 0 radical (unpaired) electrons. The predicted molar refractivity (Wildman–Crippen MR) is 64.2 cm³/mol. The first kappa shape index (κ1) is 18.4. The predicted octanol–water partition coefficient (Wildman–Crippen LogP) is 2.63. The highest BCUT2D eigenvalue weighted by atomic mass is 35.5. The Bertz CT molecular complexity index is 479. The van der Waals surface area contributed by atoms with Crippen molar-refractivity contribution in [2.75, 3.05) is 6.26 Å². The number of hydrogen-bond acceptors (Lipinski definition) is 4. The van der Waals surface area contributed by atoms with Gasteiger partial charge in [-0.2, -0.15) is 21.6 Å². The molecular formula is C10H14ClF3O4S. The van der Waals surface area contributed by atoms with Gasteiger partial charge < -0.3 is 0 Å². The molecule has 0 saturated carbocycles. The Balaban J connectivity index is 5.63. The maximum Gasteiger partial charge on any atom is 0.426 e. The van der Waals surface area contributed by atoms with Crippen molar-refractivity contribution in [1.29, 1.82) is 0 Å². The normalized spacial score (nSPS) is 16.3. The lowest BCUT2D eigenvalue weighted by Crippen LogP contribution is -2.38. The zero-order valence-electron chi connectivity index (χ0n) is 10.7. The van der Waals surface area contributed by atoms with Crippen LogP contribution < -0.4 is 0 Å². The van der Waals surface area contributed by atoms with Gasteiger partial charge in [-0.3, -0.25) is 8.98 Å². The zero-order valence-corrected chi connectivity index (χ0v) is 12.3. The third-order valence-corrected chi connectivity index (χ3v) is 3.36. The van der Waals surface area contributed by atoms with E-state index in [0.717, 1.165) is 6.92 Å².